The normalized spacial score (nSPS) is 10.3. The quantitative estimate of drug-likeness (QED) is 0.392. The van der Waals surface area contributed by atoms with E-state index in [0.29, 0.717) is 12.4 Å². The first-order valence-corrected chi connectivity index (χ1v) is 7.34. The Morgan fingerprint density at radius 1 is 1.20 bits per heavy atom. The van der Waals surface area contributed by atoms with E-state index < -0.39 is 4.92 Å². The van der Waals surface area contributed by atoms with Gasteiger partial charge in [-0.25, -0.2) is 0 Å². The third-order valence-corrected chi connectivity index (χ3v) is 2.98. The average Bonchev–Trinajstić information content (AvgIpc) is 2.44. The topological polar surface area (TPSA) is 64.4 Å². The highest BCUT2D eigenvalue weighted by Gasteiger charge is 2.15. The molecule has 0 saturated heterocycles. The number of ether oxygens (including phenoxy) is 1. The summed E-state index contributed by atoms with van der Waals surface area (Å²) in [6, 6.07) is 4.95. The first-order valence-electron chi connectivity index (χ1n) is 7.34. The highest BCUT2D eigenvalue weighted by Crippen LogP contribution is 2.30. The number of nitrogens with one attached hydrogen (secondary N) is 1. The van der Waals surface area contributed by atoms with Crippen LogP contribution in [0.4, 0.5) is 11.4 Å². The van der Waals surface area contributed by atoms with Gasteiger partial charge in [0.1, 0.15) is 0 Å². The van der Waals surface area contributed by atoms with E-state index in [1.54, 1.807) is 12.1 Å². The molecule has 5 heteroatoms. The number of hydrogen-bond donors (Lipinski definition) is 1. The Labute approximate surface area is 120 Å². The molecule has 0 aliphatic heterocycles. The van der Waals surface area contributed by atoms with Crippen molar-refractivity contribution in [1.82, 2.24) is 0 Å². The predicted molar refractivity (Wildman–Crippen MR) is 81.5 cm³/mol. The van der Waals surface area contributed by atoms with Gasteiger partial charge in [0.05, 0.1) is 11.5 Å². The van der Waals surface area contributed by atoms with E-state index in [2.05, 4.69) is 12.2 Å². The Morgan fingerprint density at radius 2 is 2.00 bits per heavy atom. The maximum Gasteiger partial charge on any atom is 0.311 e. The number of rotatable bonds is 10. The number of nitro groups is 1. The summed E-state index contributed by atoms with van der Waals surface area (Å²) < 4.78 is 5.45. The molecule has 112 valence electrons. The fourth-order valence-corrected chi connectivity index (χ4v) is 1.89. The van der Waals surface area contributed by atoms with Crippen LogP contribution in [0.1, 0.15) is 46.0 Å². The van der Waals surface area contributed by atoms with Gasteiger partial charge in [0.2, 0.25) is 0 Å². The van der Waals surface area contributed by atoms with Crippen molar-refractivity contribution in [1.29, 1.82) is 0 Å². The van der Waals surface area contributed by atoms with Crippen LogP contribution in [0.3, 0.4) is 0 Å². The molecule has 0 aliphatic carbocycles. The van der Waals surface area contributed by atoms with Gasteiger partial charge in [-0.3, -0.25) is 10.1 Å². The van der Waals surface area contributed by atoms with Crippen molar-refractivity contribution in [2.24, 2.45) is 0 Å². The number of nitrogens with zero attached hydrogens (tertiary/aromatic N) is 1. The van der Waals surface area contributed by atoms with E-state index in [1.165, 1.54) is 25.3 Å². The van der Waals surface area contributed by atoms with Gasteiger partial charge in [-0.2, -0.15) is 0 Å². The molecule has 0 atom stereocenters. The second-order valence-electron chi connectivity index (χ2n) is 4.78. The van der Waals surface area contributed by atoms with Crippen molar-refractivity contribution in [3.63, 3.8) is 0 Å². The minimum Gasteiger partial charge on any atom is -0.487 e. The molecule has 5 nitrogen and oxygen atoms in total. The van der Waals surface area contributed by atoms with Crippen molar-refractivity contribution in [2.75, 3.05) is 18.5 Å². The SMILES string of the molecule is CCCCCCNc1ccc([N+](=O)[O-])c(OCCC)c1. The maximum atomic E-state index is 10.9. The molecule has 0 bridgehead atoms. The molecule has 1 rings (SSSR count). The number of benzene rings is 1. The van der Waals surface area contributed by atoms with Crippen LogP contribution in [0.15, 0.2) is 18.2 Å². The lowest BCUT2D eigenvalue weighted by molar-refractivity contribution is -0.385. The summed E-state index contributed by atoms with van der Waals surface area (Å²) in [6.45, 7) is 5.52. The van der Waals surface area contributed by atoms with Gasteiger partial charge in [0.25, 0.3) is 0 Å². The first-order chi connectivity index (χ1) is 9.69. The van der Waals surface area contributed by atoms with E-state index in [1.807, 2.05) is 6.92 Å². The molecule has 1 aromatic carbocycles. The Hall–Kier alpha value is -1.78. The van der Waals surface area contributed by atoms with E-state index in [4.69, 9.17) is 4.74 Å². The minimum atomic E-state index is -0.407. The lowest BCUT2D eigenvalue weighted by atomic mass is 10.2. The summed E-state index contributed by atoms with van der Waals surface area (Å²) in [5.41, 5.74) is 0.896. The molecule has 0 spiro atoms. The summed E-state index contributed by atoms with van der Waals surface area (Å²) in [7, 11) is 0. The standard InChI is InChI=1S/C15H24N2O3/c1-3-5-6-7-10-16-13-8-9-14(17(18)19)15(12-13)20-11-4-2/h8-9,12,16H,3-7,10-11H2,1-2H3. The second-order valence-corrected chi connectivity index (χ2v) is 4.78. The molecular weight excluding hydrogens is 256 g/mol. The largest absolute Gasteiger partial charge is 0.487 e. The van der Waals surface area contributed by atoms with Crippen molar-refractivity contribution < 1.29 is 9.66 Å². The van der Waals surface area contributed by atoms with Crippen LogP contribution < -0.4 is 10.1 Å². The molecule has 1 aromatic rings. The zero-order valence-electron chi connectivity index (χ0n) is 12.4. The van der Waals surface area contributed by atoms with Gasteiger partial charge >= 0.3 is 5.69 Å². The summed E-state index contributed by atoms with van der Waals surface area (Å²) in [4.78, 5) is 10.5. The third kappa shape index (κ3) is 5.47. The lowest BCUT2D eigenvalue weighted by Gasteiger charge is -2.10. The number of nitro benzene ring substituents is 1. The van der Waals surface area contributed by atoms with Gasteiger partial charge in [-0.1, -0.05) is 33.1 Å². The Kier molecular flexibility index (Phi) is 7.47. The monoisotopic (exact) mass is 280 g/mol. The van der Waals surface area contributed by atoms with E-state index >= 15 is 0 Å². The number of unbranched alkanes of at least 4 members (excludes halogenated alkanes) is 3. The maximum absolute atomic E-state index is 10.9. The summed E-state index contributed by atoms with van der Waals surface area (Å²) in [5, 5.41) is 14.2. The molecule has 0 radical (unpaired) electrons. The fourth-order valence-electron chi connectivity index (χ4n) is 1.89. The van der Waals surface area contributed by atoms with Gasteiger partial charge in [-0.15, -0.1) is 0 Å². The van der Waals surface area contributed by atoms with Gasteiger partial charge in [0, 0.05) is 24.4 Å². The minimum absolute atomic E-state index is 0.0231. The molecule has 0 amide bonds. The zero-order chi connectivity index (χ0) is 14.8. The molecule has 0 unspecified atom stereocenters. The van der Waals surface area contributed by atoms with Crippen molar-refractivity contribution >= 4 is 11.4 Å². The fraction of sp³-hybridized carbons (Fsp3) is 0.600. The van der Waals surface area contributed by atoms with Crippen molar-refractivity contribution in [3.05, 3.63) is 28.3 Å². The van der Waals surface area contributed by atoms with Crippen LogP contribution in [-0.4, -0.2) is 18.1 Å². The molecule has 0 heterocycles. The predicted octanol–water partition coefficient (Wildman–Crippen LogP) is 4.38. The van der Waals surface area contributed by atoms with Gasteiger partial charge in [-0.05, 0) is 18.9 Å². The average molecular weight is 280 g/mol. The molecule has 0 saturated carbocycles. The lowest BCUT2D eigenvalue weighted by Crippen LogP contribution is -2.04. The smallest absolute Gasteiger partial charge is 0.311 e. The van der Waals surface area contributed by atoms with E-state index in [-0.39, 0.29) is 5.69 Å². The van der Waals surface area contributed by atoms with Crippen LogP contribution in [0.25, 0.3) is 0 Å². The van der Waals surface area contributed by atoms with Crippen molar-refractivity contribution in [2.45, 2.75) is 46.0 Å². The highest BCUT2D eigenvalue weighted by molar-refractivity contribution is 5.57. The summed E-state index contributed by atoms with van der Waals surface area (Å²) in [6.07, 6.45) is 5.59. The molecule has 1 N–H and O–H groups in total. The first kappa shape index (κ1) is 16.3. The summed E-state index contributed by atoms with van der Waals surface area (Å²) in [5.74, 6) is 0.343. The van der Waals surface area contributed by atoms with Crippen LogP contribution in [0, 0.1) is 10.1 Å². The van der Waals surface area contributed by atoms with Gasteiger partial charge < -0.3 is 10.1 Å². The molecular formula is C15H24N2O3. The molecule has 0 fully saturated rings. The summed E-state index contributed by atoms with van der Waals surface area (Å²) >= 11 is 0. The van der Waals surface area contributed by atoms with Gasteiger partial charge in [0.15, 0.2) is 5.75 Å². The Balaban J connectivity index is 2.61. The second kappa shape index (κ2) is 9.18. The molecule has 20 heavy (non-hydrogen) atoms. The zero-order valence-corrected chi connectivity index (χ0v) is 12.4. The van der Waals surface area contributed by atoms with Crippen LogP contribution in [0.5, 0.6) is 5.75 Å². The third-order valence-electron chi connectivity index (χ3n) is 2.98. The highest BCUT2D eigenvalue weighted by atomic mass is 16.6. The number of anilines is 1. The Bertz CT molecular complexity index is 422. The van der Waals surface area contributed by atoms with Crippen LogP contribution in [-0.2, 0) is 0 Å². The van der Waals surface area contributed by atoms with Crippen LogP contribution >= 0.6 is 0 Å². The number of hydrogen-bond acceptors (Lipinski definition) is 4. The molecule has 0 aromatic heterocycles. The molecule has 0 aliphatic rings. The van der Waals surface area contributed by atoms with E-state index in [0.717, 1.165) is 25.1 Å². The van der Waals surface area contributed by atoms with Crippen molar-refractivity contribution in [3.8, 4) is 5.75 Å². The Morgan fingerprint density at radius 3 is 2.65 bits per heavy atom. The van der Waals surface area contributed by atoms with Crippen LogP contribution in [0.2, 0.25) is 0 Å². The van der Waals surface area contributed by atoms with E-state index in [9.17, 15) is 10.1 Å².